The van der Waals surface area contributed by atoms with Crippen LogP contribution in [0.15, 0.2) is 60.2 Å². The first-order valence-electron chi connectivity index (χ1n) is 10.1. The fraction of sp³-hybridized carbons (Fsp3) is 0.120. The number of rotatable bonds is 5. The lowest BCUT2D eigenvalue weighted by Crippen LogP contribution is -2.30. The van der Waals surface area contributed by atoms with Crippen LogP contribution in [0.3, 0.4) is 0 Å². The van der Waals surface area contributed by atoms with Gasteiger partial charge in [0.05, 0.1) is 42.1 Å². The number of benzene rings is 3. The largest absolute Gasteiger partial charge is 0.508 e. The normalized spacial score (nSPS) is 17.1. The molecule has 1 aliphatic rings. The molecule has 10 heteroatoms. The molecule has 0 bridgehead atoms. The van der Waals surface area contributed by atoms with E-state index in [1.54, 1.807) is 0 Å². The number of ether oxygens (including phenoxy) is 2. The molecule has 1 atom stereocenters. The van der Waals surface area contributed by atoms with E-state index in [1.165, 1.54) is 50.6 Å². The molecule has 7 nitrogen and oxygen atoms in total. The first kappa shape index (κ1) is 24.0. The number of anilines is 1. The summed E-state index contributed by atoms with van der Waals surface area (Å²) in [6.07, 6.45) is 0. The Morgan fingerprint density at radius 3 is 2.23 bits per heavy atom. The van der Waals surface area contributed by atoms with Gasteiger partial charge in [-0.15, -0.1) is 0 Å². The van der Waals surface area contributed by atoms with Gasteiger partial charge in [-0.2, -0.15) is 0 Å². The fourth-order valence-electron chi connectivity index (χ4n) is 3.92. The predicted molar refractivity (Wildman–Crippen MR) is 124 cm³/mol. The highest BCUT2D eigenvalue weighted by Crippen LogP contribution is 2.45. The average Bonchev–Trinajstić information content (AvgIpc) is 3.09. The highest BCUT2D eigenvalue weighted by molar-refractivity contribution is 6.51. The van der Waals surface area contributed by atoms with E-state index in [2.05, 4.69) is 0 Å². The van der Waals surface area contributed by atoms with Crippen LogP contribution in [0, 0.1) is 11.6 Å². The smallest absolute Gasteiger partial charge is 0.300 e. The summed E-state index contributed by atoms with van der Waals surface area (Å²) in [5.74, 6) is -4.61. The molecule has 35 heavy (non-hydrogen) atoms. The van der Waals surface area contributed by atoms with Crippen molar-refractivity contribution in [2.45, 2.75) is 6.04 Å². The Morgan fingerprint density at radius 2 is 1.63 bits per heavy atom. The second-order valence-electron chi connectivity index (χ2n) is 7.54. The summed E-state index contributed by atoms with van der Waals surface area (Å²) >= 11 is 6.22. The fourth-order valence-corrected chi connectivity index (χ4v) is 4.16. The summed E-state index contributed by atoms with van der Waals surface area (Å²) in [7, 11) is 2.71. The van der Waals surface area contributed by atoms with E-state index in [0.717, 1.165) is 17.0 Å². The zero-order valence-electron chi connectivity index (χ0n) is 18.4. The Bertz CT molecular complexity index is 1370. The maximum absolute atomic E-state index is 14.7. The third kappa shape index (κ3) is 4.15. The van der Waals surface area contributed by atoms with Crippen molar-refractivity contribution >= 4 is 34.7 Å². The maximum Gasteiger partial charge on any atom is 0.300 e. The lowest BCUT2D eigenvalue weighted by Gasteiger charge is -2.26. The van der Waals surface area contributed by atoms with Crippen LogP contribution < -0.4 is 14.4 Å². The molecule has 1 amide bonds. The van der Waals surface area contributed by atoms with Crippen LogP contribution in [0.5, 0.6) is 17.2 Å². The van der Waals surface area contributed by atoms with Gasteiger partial charge in [-0.1, -0.05) is 23.7 Å². The van der Waals surface area contributed by atoms with Crippen LogP contribution in [0.1, 0.15) is 17.2 Å². The SMILES string of the molecule is COc1cc(OC)c(/C(O)=C2\C(=O)C(=O)N(c3ccc(F)cc3F)C2c2ccc(O)cc2)cc1Cl. The van der Waals surface area contributed by atoms with Gasteiger partial charge in [0, 0.05) is 12.1 Å². The number of aromatic hydroxyl groups is 1. The standard InChI is InChI=1S/C25H18ClF2NO6/c1-34-19-11-20(35-2)16(26)10-15(19)23(31)21-22(12-3-6-14(30)7-4-12)29(25(33)24(21)32)18-8-5-13(27)9-17(18)28/h3-11,22,30-31H,1-2H3/b23-21+. The minimum atomic E-state index is -1.32. The van der Waals surface area contributed by atoms with E-state index < -0.39 is 35.1 Å². The number of phenolic OH excluding ortho intramolecular Hbond substituents is 1. The predicted octanol–water partition coefficient (Wildman–Crippen LogP) is 4.97. The molecule has 1 unspecified atom stereocenters. The van der Waals surface area contributed by atoms with Crippen molar-refractivity contribution in [2.24, 2.45) is 0 Å². The molecule has 3 aromatic carbocycles. The highest BCUT2D eigenvalue weighted by Gasteiger charge is 2.48. The Balaban J connectivity index is 2.00. The van der Waals surface area contributed by atoms with Gasteiger partial charge in [-0.25, -0.2) is 8.78 Å². The number of aliphatic hydroxyl groups excluding tert-OH is 1. The molecular formula is C25H18ClF2NO6. The summed E-state index contributed by atoms with van der Waals surface area (Å²) in [4.78, 5) is 27.1. The summed E-state index contributed by atoms with van der Waals surface area (Å²) in [5, 5.41) is 21.1. The summed E-state index contributed by atoms with van der Waals surface area (Å²) in [6.45, 7) is 0. The lowest BCUT2D eigenvalue weighted by atomic mass is 9.94. The Labute approximate surface area is 203 Å². The number of carbonyl (C=O) groups excluding carboxylic acids is 2. The second kappa shape index (κ2) is 9.27. The van der Waals surface area contributed by atoms with E-state index in [9.17, 15) is 28.6 Å². The van der Waals surface area contributed by atoms with Gasteiger partial charge < -0.3 is 19.7 Å². The van der Waals surface area contributed by atoms with E-state index in [4.69, 9.17) is 21.1 Å². The van der Waals surface area contributed by atoms with E-state index >= 15 is 0 Å². The van der Waals surface area contributed by atoms with Gasteiger partial charge in [0.15, 0.2) is 0 Å². The molecule has 4 rings (SSSR count). The van der Waals surface area contributed by atoms with E-state index in [1.807, 2.05) is 0 Å². The Kier molecular flexibility index (Phi) is 6.36. The zero-order chi connectivity index (χ0) is 25.4. The number of phenols is 1. The molecule has 0 saturated carbocycles. The highest BCUT2D eigenvalue weighted by atomic mass is 35.5. The topological polar surface area (TPSA) is 96.3 Å². The van der Waals surface area contributed by atoms with Crippen LogP contribution in [-0.2, 0) is 9.59 Å². The number of amides is 1. The van der Waals surface area contributed by atoms with Crippen molar-refractivity contribution in [3.63, 3.8) is 0 Å². The minimum Gasteiger partial charge on any atom is -0.508 e. The number of hydrogen-bond donors (Lipinski definition) is 2. The molecule has 0 aromatic heterocycles. The lowest BCUT2D eigenvalue weighted by molar-refractivity contribution is -0.132. The van der Waals surface area contributed by atoms with Gasteiger partial charge in [-0.05, 0) is 35.9 Å². The number of Topliss-reactive ketones (excluding diaryl/α,β-unsaturated/α-hetero) is 1. The average molecular weight is 502 g/mol. The Hall–Kier alpha value is -4.11. The van der Waals surface area contributed by atoms with Gasteiger partial charge in [0.2, 0.25) is 0 Å². The molecule has 1 fully saturated rings. The van der Waals surface area contributed by atoms with Crippen molar-refractivity contribution in [3.05, 3.63) is 88.0 Å². The van der Waals surface area contributed by atoms with Crippen LogP contribution in [-0.4, -0.2) is 36.1 Å². The molecule has 2 N–H and O–H groups in total. The number of nitrogens with zero attached hydrogens (tertiary/aromatic N) is 1. The number of halogens is 3. The van der Waals surface area contributed by atoms with Gasteiger partial charge >= 0.3 is 0 Å². The summed E-state index contributed by atoms with van der Waals surface area (Å²) < 4.78 is 38.8. The van der Waals surface area contributed by atoms with Gasteiger partial charge in [-0.3, -0.25) is 14.5 Å². The third-order valence-corrected chi connectivity index (χ3v) is 5.85. The first-order chi connectivity index (χ1) is 16.7. The van der Waals surface area contributed by atoms with Crippen LogP contribution in [0.4, 0.5) is 14.5 Å². The molecule has 0 spiro atoms. The molecule has 1 aliphatic heterocycles. The third-order valence-electron chi connectivity index (χ3n) is 5.55. The summed E-state index contributed by atoms with van der Waals surface area (Å²) in [6, 6.07) is 9.35. The van der Waals surface area contributed by atoms with Gasteiger partial charge in [0.25, 0.3) is 11.7 Å². The first-order valence-corrected chi connectivity index (χ1v) is 10.5. The number of methoxy groups -OCH3 is 2. The van der Waals surface area contributed by atoms with Crippen molar-refractivity contribution in [2.75, 3.05) is 19.1 Å². The number of hydrogen-bond acceptors (Lipinski definition) is 6. The zero-order valence-corrected chi connectivity index (χ0v) is 19.1. The van der Waals surface area contributed by atoms with Crippen LogP contribution in [0.2, 0.25) is 5.02 Å². The second-order valence-corrected chi connectivity index (χ2v) is 7.95. The Morgan fingerprint density at radius 1 is 0.971 bits per heavy atom. The molecule has 180 valence electrons. The molecule has 3 aromatic rings. The van der Waals surface area contributed by atoms with E-state index in [0.29, 0.717) is 6.07 Å². The number of carbonyl (C=O) groups is 2. The molecule has 0 aliphatic carbocycles. The summed E-state index contributed by atoms with van der Waals surface area (Å²) in [5.41, 5.74) is -0.500. The van der Waals surface area contributed by atoms with Crippen molar-refractivity contribution in [1.82, 2.24) is 0 Å². The van der Waals surface area contributed by atoms with Crippen LogP contribution >= 0.6 is 11.6 Å². The number of aliphatic hydroxyl groups is 1. The van der Waals surface area contributed by atoms with E-state index in [-0.39, 0.29) is 44.7 Å². The molecule has 1 heterocycles. The number of ketones is 1. The maximum atomic E-state index is 14.7. The van der Waals surface area contributed by atoms with Gasteiger partial charge in [0.1, 0.15) is 34.6 Å². The molecule has 1 saturated heterocycles. The van der Waals surface area contributed by atoms with Crippen molar-refractivity contribution in [1.29, 1.82) is 0 Å². The van der Waals surface area contributed by atoms with Crippen molar-refractivity contribution < 1.29 is 38.1 Å². The molecular weight excluding hydrogens is 484 g/mol. The quantitative estimate of drug-likeness (QED) is 0.291. The van der Waals surface area contributed by atoms with Crippen molar-refractivity contribution in [3.8, 4) is 17.2 Å². The molecule has 0 radical (unpaired) electrons. The monoisotopic (exact) mass is 501 g/mol. The van der Waals surface area contributed by atoms with Crippen LogP contribution in [0.25, 0.3) is 5.76 Å². The minimum absolute atomic E-state index is 0.0142.